The Labute approximate surface area is 98.3 Å². The summed E-state index contributed by atoms with van der Waals surface area (Å²) in [6.45, 7) is 6.24. The van der Waals surface area contributed by atoms with Crippen LogP contribution in [-0.4, -0.2) is 12.3 Å². The standard InChI is InChI=1S/C11H14BrNO2/c1-11(2,3)9-8(6-5-7-12)10(14-4)15-13-9/h6H2,1-4H3. The lowest BCUT2D eigenvalue weighted by molar-refractivity contribution is 0.255. The third-order valence-electron chi connectivity index (χ3n) is 1.98. The molecule has 0 spiro atoms. The van der Waals surface area contributed by atoms with Crippen molar-refractivity contribution in [2.24, 2.45) is 0 Å². The van der Waals surface area contributed by atoms with Crippen LogP contribution in [0.2, 0.25) is 0 Å². The molecule has 0 fully saturated rings. The number of ether oxygens (including phenoxy) is 1. The van der Waals surface area contributed by atoms with E-state index in [4.69, 9.17) is 9.26 Å². The molecule has 0 bridgehead atoms. The molecular weight excluding hydrogens is 258 g/mol. The van der Waals surface area contributed by atoms with Gasteiger partial charge in [-0.25, -0.2) is 0 Å². The maximum Gasteiger partial charge on any atom is 0.315 e. The van der Waals surface area contributed by atoms with Gasteiger partial charge < -0.3 is 9.26 Å². The van der Waals surface area contributed by atoms with Gasteiger partial charge in [0, 0.05) is 27.8 Å². The summed E-state index contributed by atoms with van der Waals surface area (Å²) in [7, 11) is 1.57. The Hall–Kier alpha value is -0.950. The fraction of sp³-hybridized carbons (Fsp3) is 0.545. The molecule has 1 heterocycles. The summed E-state index contributed by atoms with van der Waals surface area (Å²) in [6.07, 6.45) is 0.574. The zero-order valence-electron chi connectivity index (χ0n) is 9.35. The van der Waals surface area contributed by atoms with Crippen LogP contribution < -0.4 is 4.74 Å². The van der Waals surface area contributed by atoms with Crippen molar-refractivity contribution in [1.82, 2.24) is 5.16 Å². The van der Waals surface area contributed by atoms with Gasteiger partial charge in [-0.3, -0.25) is 0 Å². The molecule has 1 rings (SSSR count). The summed E-state index contributed by atoms with van der Waals surface area (Å²) >= 11 is 3.06. The highest BCUT2D eigenvalue weighted by molar-refractivity contribution is 9.12. The predicted molar refractivity (Wildman–Crippen MR) is 62.2 cm³/mol. The highest BCUT2D eigenvalue weighted by atomic mass is 79.9. The first-order chi connectivity index (χ1) is 7.00. The van der Waals surface area contributed by atoms with Crippen LogP contribution in [0.3, 0.4) is 0 Å². The number of hydrogen-bond donors (Lipinski definition) is 0. The van der Waals surface area contributed by atoms with Crippen molar-refractivity contribution in [1.29, 1.82) is 0 Å². The van der Waals surface area contributed by atoms with Crippen molar-refractivity contribution in [2.45, 2.75) is 32.6 Å². The molecule has 0 saturated heterocycles. The van der Waals surface area contributed by atoms with Crippen molar-refractivity contribution in [3.63, 3.8) is 0 Å². The molecule has 1 aromatic rings. The minimum atomic E-state index is -0.0659. The fourth-order valence-electron chi connectivity index (χ4n) is 1.32. The minimum absolute atomic E-state index is 0.0659. The Kier molecular flexibility index (Phi) is 3.81. The second-order valence-corrected chi connectivity index (χ2v) is 4.60. The molecule has 15 heavy (non-hydrogen) atoms. The maximum absolute atomic E-state index is 5.11. The maximum atomic E-state index is 5.11. The molecule has 0 radical (unpaired) electrons. The Morgan fingerprint density at radius 1 is 1.47 bits per heavy atom. The van der Waals surface area contributed by atoms with Crippen molar-refractivity contribution >= 4 is 15.9 Å². The first kappa shape index (κ1) is 12.1. The van der Waals surface area contributed by atoms with Gasteiger partial charge in [-0.2, -0.15) is 0 Å². The topological polar surface area (TPSA) is 35.3 Å². The van der Waals surface area contributed by atoms with Crippen LogP contribution in [-0.2, 0) is 11.8 Å². The third kappa shape index (κ3) is 2.75. The Morgan fingerprint density at radius 2 is 2.13 bits per heavy atom. The van der Waals surface area contributed by atoms with E-state index in [9.17, 15) is 0 Å². The lowest BCUT2D eigenvalue weighted by Gasteiger charge is -2.15. The molecule has 4 heteroatoms. The van der Waals surface area contributed by atoms with Crippen LogP contribution in [0.25, 0.3) is 0 Å². The predicted octanol–water partition coefficient (Wildman–Crippen LogP) is 2.88. The molecule has 0 atom stereocenters. The highest BCUT2D eigenvalue weighted by Gasteiger charge is 2.26. The fourth-order valence-corrected chi connectivity index (χ4v) is 1.46. The van der Waals surface area contributed by atoms with Crippen LogP contribution in [0.4, 0.5) is 0 Å². The average molecular weight is 272 g/mol. The van der Waals surface area contributed by atoms with Gasteiger partial charge in [-0.15, -0.1) is 0 Å². The second kappa shape index (κ2) is 4.71. The van der Waals surface area contributed by atoms with E-state index in [2.05, 4.69) is 52.6 Å². The van der Waals surface area contributed by atoms with Gasteiger partial charge in [-0.05, 0) is 4.83 Å². The van der Waals surface area contributed by atoms with E-state index in [1.54, 1.807) is 7.11 Å². The molecule has 0 aliphatic heterocycles. The number of aromatic nitrogens is 1. The van der Waals surface area contributed by atoms with Gasteiger partial charge in [0.25, 0.3) is 0 Å². The molecule has 0 aliphatic rings. The van der Waals surface area contributed by atoms with E-state index in [1.165, 1.54) is 0 Å². The number of rotatable bonds is 2. The number of nitrogens with zero attached hydrogens (tertiary/aromatic N) is 1. The molecule has 0 saturated carbocycles. The quantitative estimate of drug-likeness (QED) is 0.776. The molecule has 1 aromatic heterocycles. The van der Waals surface area contributed by atoms with E-state index in [0.717, 1.165) is 11.3 Å². The Morgan fingerprint density at radius 3 is 2.60 bits per heavy atom. The largest absolute Gasteiger partial charge is 0.467 e. The zero-order valence-corrected chi connectivity index (χ0v) is 10.9. The first-order valence-corrected chi connectivity index (χ1v) is 5.41. The van der Waals surface area contributed by atoms with Crippen molar-refractivity contribution < 1.29 is 9.26 Å². The average Bonchev–Trinajstić information content (AvgIpc) is 2.56. The van der Waals surface area contributed by atoms with E-state index < -0.39 is 0 Å². The molecule has 0 N–H and O–H groups in total. The lowest BCUT2D eigenvalue weighted by atomic mass is 9.89. The Bertz CT molecular complexity index is 393. The van der Waals surface area contributed by atoms with Gasteiger partial charge in [0.05, 0.1) is 18.4 Å². The SMILES string of the molecule is COc1onc(C(C)(C)C)c1CC#CBr. The molecule has 0 aliphatic carbocycles. The van der Waals surface area contributed by atoms with E-state index in [1.807, 2.05) is 0 Å². The highest BCUT2D eigenvalue weighted by Crippen LogP contribution is 2.31. The zero-order chi connectivity index (χ0) is 11.5. The normalized spacial score (nSPS) is 10.7. The van der Waals surface area contributed by atoms with Gasteiger partial charge in [0.2, 0.25) is 0 Å². The second-order valence-electron chi connectivity index (χ2n) is 4.20. The number of methoxy groups -OCH3 is 1. The van der Waals surface area contributed by atoms with Crippen molar-refractivity contribution in [3.8, 4) is 16.7 Å². The van der Waals surface area contributed by atoms with Crippen LogP contribution in [0.15, 0.2) is 4.52 Å². The van der Waals surface area contributed by atoms with E-state index >= 15 is 0 Å². The molecule has 0 unspecified atom stereocenters. The van der Waals surface area contributed by atoms with Crippen molar-refractivity contribution in [3.05, 3.63) is 11.3 Å². The molecule has 0 aromatic carbocycles. The monoisotopic (exact) mass is 271 g/mol. The van der Waals surface area contributed by atoms with E-state index in [0.29, 0.717) is 12.4 Å². The van der Waals surface area contributed by atoms with Gasteiger partial charge in [-0.1, -0.05) is 31.8 Å². The molecule has 3 nitrogen and oxygen atoms in total. The van der Waals surface area contributed by atoms with E-state index in [-0.39, 0.29) is 5.41 Å². The van der Waals surface area contributed by atoms with Gasteiger partial charge in [0.15, 0.2) is 0 Å². The molecule has 82 valence electrons. The summed E-state index contributed by atoms with van der Waals surface area (Å²) in [5.74, 6) is 3.38. The van der Waals surface area contributed by atoms with Crippen LogP contribution in [0, 0.1) is 10.8 Å². The Balaban J connectivity index is 3.15. The summed E-state index contributed by atoms with van der Waals surface area (Å²) < 4.78 is 10.2. The third-order valence-corrected chi connectivity index (χ3v) is 2.26. The van der Waals surface area contributed by atoms with Gasteiger partial charge in [0.1, 0.15) is 0 Å². The lowest BCUT2D eigenvalue weighted by Crippen LogP contribution is -2.14. The number of halogens is 1. The first-order valence-electron chi connectivity index (χ1n) is 4.62. The summed E-state index contributed by atoms with van der Waals surface area (Å²) in [5, 5.41) is 4.03. The number of hydrogen-bond acceptors (Lipinski definition) is 3. The summed E-state index contributed by atoms with van der Waals surface area (Å²) in [6, 6.07) is 0. The molecule has 0 amide bonds. The van der Waals surface area contributed by atoms with Gasteiger partial charge >= 0.3 is 5.95 Å². The van der Waals surface area contributed by atoms with Crippen LogP contribution in [0.1, 0.15) is 32.0 Å². The molecular formula is C11H14BrNO2. The summed E-state index contributed by atoms with van der Waals surface area (Å²) in [5.41, 5.74) is 1.76. The van der Waals surface area contributed by atoms with Crippen LogP contribution in [0.5, 0.6) is 5.95 Å². The van der Waals surface area contributed by atoms with Crippen molar-refractivity contribution in [2.75, 3.05) is 7.11 Å². The van der Waals surface area contributed by atoms with Crippen LogP contribution >= 0.6 is 15.9 Å². The smallest absolute Gasteiger partial charge is 0.315 e. The minimum Gasteiger partial charge on any atom is -0.467 e. The summed E-state index contributed by atoms with van der Waals surface area (Å²) in [4.78, 5) is 2.67.